The molecule has 0 aliphatic carbocycles. The standard InChI is InChI=1S/C13H16Cl2N2O3/c1-10(18)17(7-4-8-19-2)20-16-9-11-12(14)5-3-6-13(11)15/h3,5-6,9H,4,7-8H2,1-2H3. The maximum absolute atomic E-state index is 11.3. The predicted molar refractivity (Wildman–Crippen MR) is 79.0 cm³/mol. The molecule has 7 heteroatoms. The van der Waals surface area contributed by atoms with Crippen LogP contribution in [0.3, 0.4) is 0 Å². The van der Waals surface area contributed by atoms with Crippen LogP contribution in [0.5, 0.6) is 0 Å². The van der Waals surface area contributed by atoms with Gasteiger partial charge in [-0.1, -0.05) is 34.4 Å². The molecule has 0 saturated heterocycles. The molecule has 0 fully saturated rings. The van der Waals surface area contributed by atoms with Crippen LogP contribution in [0, 0.1) is 0 Å². The SMILES string of the molecule is COCCCN(ON=Cc1c(Cl)cccc1Cl)C(C)=O. The van der Waals surface area contributed by atoms with E-state index in [1.54, 1.807) is 25.3 Å². The second-order valence-corrected chi connectivity index (χ2v) is 4.73. The molecule has 0 spiro atoms. The molecular weight excluding hydrogens is 303 g/mol. The Morgan fingerprint density at radius 2 is 2.05 bits per heavy atom. The van der Waals surface area contributed by atoms with Crippen LogP contribution >= 0.6 is 23.2 Å². The average Bonchev–Trinajstić information content (AvgIpc) is 2.40. The van der Waals surface area contributed by atoms with Gasteiger partial charge in [-0.2, -0.15) is 0 Å². The number of benzene rings is 1. The summed E-state index contributed by atoms with van der Waals surface area (Å²) < 4.78 is 4.91. The van der Waals surface area contributed by atoms with Crippen molar-refractivity contribution in [2.24, 2.45) is 5.16 Å². The molecule has 1 aromatic rings. The minimum absolute atomic E-state index is 0.247. The Morgan fingerprint density at radius 3 is 2.60 bits per heavy atom. The molecule has 1 aromatic carbocycles. The summed E-state index contributed by atoms with van der Waals surface area (Å²) in [5.74, 6) is -0.247. The van der Waals surface area contributed by atoms with Gasteiger partial charge in [-0.05, 0) is 18.6 Å². The molecule has 1 amide bonds. The number of hydrogen-bond acceptors (Lipinski definition) is 4. The maximum Gasteiger partial charge on any atom is 0.254 e. The zero-order valence-electron chi connectivity index (χ0n) is 11.3. The average molecular weight is 319 g/mol. The fourth-order valence-electron chi connectivity index (χ4n) is 1.38. The van der Waals surface area contributed by atoms with Crippen LogP contribution in [0.4, 0.5) is 0 Å². The number of carbonyl (C=O) groups is 1. The van der Waals surface area contributed by atoms with Gasteiger partial charge in [0.15, 0.2) is 0 Å². The summed E-state index contributed by atoms with van der Waals surface area (Å²) in [5, 5.41) is 5.79. The van der Waals surface area contributed by atoms with E-state index in [9.17, 15) is 4.79 Å². The van der Waals surface area contributed by atoms with Crippen LogP contribution in [0.25, 0.3) is 0 Å². The predicted octanol–water partition coefficient (Wildman–Crippen LogP) is 3.14. The first-order chi connectivity index (χ1) is 9.56. The van der Waals surface area contributed by atoms with Crippen molar-refractivity contribution in [2.75, 3.05) is 20.3 Å². The van der Waals surface area contributed by atoms with Crippen LogP contribution in [-0.2, 0) is 14.5 Å². The van der Waals surface area contributed by atoms with Crippen molar-refractivity contribution < 1.29 is 14.5 Å². The monoisotopic (exact) mass is 318 g/mol. The second kappa shape index (κ2) is 8.79. The topological polar surface area (TPSA) is 51.1 Å². The molecule has 0 saturated carbocycles. The van der Waals surface area contributed by atoms with Crippen LogP contribution in [0.1, 0.15) is 18.9 Å². The zero-order valence-corrected chi connectivity index (χ0v) is 12.8. The van der Waals surface area contributed by atoms with Gasteiger partial charge in [0, 0.05) is 26.2 Å². The molecule has 110 valence electrons. The van der Waals surface area contributed by atoms with E-state index in [0.717, 1.165) is 5.06 Å². The first-order valence-corrected chi connectivity index (χ1v) is 6.73. The quantitative estimate of drug-likeness (QED) is 0.441. The van der Waals surface area contributed by atoms with Crippen molar-refractivity contribution in [3.05, 3.63) is 33.8 Å². The van der Waals surface area contributed by atoms with Gasteiger partial charge in [0.1, 0.15) is 0 Å². The lowest BCUT2D eigenvalue weighted by molar-refractivity contribution is -0.184. The van der Waals surface area contributed by atoms with Crippen LogP contribution in [0.15, 0.2) is 23.4 Å². The van der Waals surface area contributed by atoms with Gasteiger partial charge in [-0.15, -0.1) is 5.06 Å². The van der Waals surface area contributed by atoms with E-state index in [4.69, 9.17) is 32.9 Å². The smallest absolute Gasteiger partial charge is 0.254 e. The van der Waals surface area contributed by atoms with Crippen LogP contribution < -0.4 is 0 Å². The molecule has 20 heavy (non-hydrogen) atoms. The third-order valence-electron chi connectivity index (χ3n) is 2.39. The molecule has 0 bridgehead atoms. The summed E-state index contributed by atoms with van der Waals surface area (Å²) in [5.41, 5.74) is 0.538. The number of rotatable bonds is 7. The Labute approximate surface area is 128 Å². The van der Waals surface area contributed by atoms with Gasteiger partial charge in [-0.25, -0.2) is 0 Å². The summed E-state index contributed by atoms with van der Waals surface area (Å²) in [6, 6.07) is 5.11. The molecular formula is C13H16Cl2N2O3. The number of halogens is 2. The molecule has 0 atom stereocenters. The van der Waals surface area contributed by atoms with E-state index < -0.39 is 0 Å². The zero-order chi connectivity index (χ0) is 15.0. The third-order valence-corrected chi connectivity index (χ3v) is 3.05. The van der Waals surface area contributed by atoms with E-state index >= 15 is 0 Å². The first-order valence-electron chi connectivity index (χ1n) is 5.97. The van der Waals surface area contributed by atoms with Crippen molar-refractivity contribution in [2.45, 2.75) is 13.3 Å². The Balaban J connectivity index is 2.62. The van der Waals surface area contributed by atoms with Gasteiger partial charge in [-0.3, -0.25) is 9.73 Å². The van der Waals surface area contributed by atoms with Crippen molar-refractivity contribution in [1.29, 1.82) is 0 Å². The fraction of sp³-hybridized carbons (Fsp3) is 0.385. The highest BCUT2D eigenvalue weighted by Gasteiger charge is 2.09. The maximum atomic E-state index is 11.3. The molecule has 0 N–H and O–H groups in total. The van der Waals surface area contributed by atoms with Crippen molar-refractivity contribution in [3.63, 3.8) is 0 Å². The number of amides is 1. The number of nitrogens with zero attached hydrogens (tertiary/aromatic N) is 2. The van der Waals surface area contributed by atoms with Crippen molar-refractivity contribution in [1.82, 2.24) is 5.06 Å². The molecule has 0 aliphatic rings. The summed E-state index contributed by atoms with van der Waals surface area (Å²) in [4.78, 5) is 16.4. The van der Waals surface area contributed by atoms with Gasteiger partial charge in [0.25, 0.3) is 5.91 Å². The lowest BCUT2D eigenvalue weighted by Crippen LogP contribution is -2.28. The van der Waals surface area contributed by atoms with Crippen molar-refractivity contribution in [3.8, 4) is 0 Å². The normalized spacial score (nSPS) is 10.8. The largest absolute Gasteiger partial charge is 0.385 e. The summed E-state index contributed by atoms with van der Waals surface area (Å²) in [7, 11) is 1.59. The summed E-state index contributed by atoms with van der Waals surface area (Å²) in [6.45, 7) is 2.31. The van der Waals surface area contributed by atoms with E-state index in [1.165, 1.54) is 13.1 Å². The Morgan fingerprint density at radius 1 is 1.40 bits per heavy atom. The van der Waals surface area contributed by atoms with Gasteiger partial charge < -0.3 is 4.74 Å². The highest BCUT2D eigenvalue weighted by molar-refractivity contribution is 6.38. The van der Waals surface area contributed by atoms with Crippen molar-refractivity contribution >= 4 is 35.3 Å². The summed E-state index contributed by atoms with van der Waals surface area (Å²) in [6.07, 6.45) is 2.02. The fourth-order valence-corrected chi connectivity index (χ4v) is 1.87. The van der Waals surface area contributed by atoms with Crippen LogP contribution in [-0.4, -0.2) is 37.4 Å². The van der Waals surface area contributed by atoms with Gasteiger partial charge >= 0.3 is 0 Å². The van der Waals surface area contributed by atoms with Crippen LogP contribution in [0.2, 0.25) is 10.0 Å². The number of ether oxygens (including phenoxy) is 1. The minimum Gasteiger partial charge on any atom is -0.385 e. The Bertz CT molecular complexity index is 460. The number of hydrogen-bond donors (Lipinski definition) is 0. The Kier molecular flexibility index (Phi) is 7.36. The first kappa shape index (κ1) is 16.8. The lowest BCUT2D eigenvalue weighted by atomic mass is 10.2. The number of methoxy groups -OCH3 is 1. The molecule has 0 aliphatic heterocycles. The lowest BCUT2D eigenvalue weighted by Gasteiger charge is -2.16. The number of hydroxylamine groups is 2. The van der Waals surface area contributed by atoms with Gasteiger partial charge in [0.2, 0.25) is 0 Å². The molecule has 0 aromatic heterocycles. The molecule has 0 heterocycles. The molecule has 0 radical (unpaired) electrons. The minimum atomic E-state index is -0.247. The Hall–Kier alpha value is -1.30. The van der Waals surface area contributed by atoms with E-state index in [2.05, 4.69) is 5.16 Å². The van der Waals surface area contributed by atoms with Gasteiger partial charge in [0.05, 0.1) is 22.8 Å². The number of oxime groups is 1. The summed E-state index contributed by atoms with van der Waals surface area (Å²) >= 11 is 12.0. The highest BCUT2D eigenvalue weighted by Crippen LogP contribution is 2.22. The van der Waals surface area contributed by atoms with E-state index in [-0.39, 0.29) is 5.91 Å². The third kappa shape index (κ3) is 5.36. The number of carbonyl (C=O) groups excluding carboxylic acids is 1. The second-order valence-electron chi connectivity index (χ2n) is 3.92. The molecule has 5 nitrogen and oxygen atoms in total. The molecule has 1 rings (SSSR count). The highest BCUT2D eigenvalue weighted by atomic mass is 35.5. The van der Waals surface area contributed by atoms with E-state index in [1.807, 2.05) is 0 Å². The molecule has 0 unspecified atom stereocenters. The van der Waals surface area contributed by atoms with E-state index in [0.29, 0.717) is 35.2 Å².